The molecule has 1 N–H and O–H groups in total. The quantitative estimate of drug-likeness (QED) is 0.668. The Morgan fingerprint density at radius 3 is 2.85 bits per heavy atom. The molecule has 0 aliphatic heterocycles. The summed E-state index contributed by atoms with van der Waals surface area (Å²) in [5, 5.41) is 10.8. The summed E-state index contributed by atoms with van der Waals surface area (Å²) in [5.41, 5.74) is 0.565. The third-order valence-electron chi connectivity index (χ3n) is 1.96. The van der Waals surface area contributed by atoms with Gasteiger partial charge in [-0.05, 0) is 23.6 Å². The van der Waals surface area contributed by atoms with Gasteiger partial charge in [0, 0.05) is 23.3 Å². The standard InChI is InChI=1S/C10H7NO2/c12-6-7-1-2-10(13)9-5-11-4-3-8(7)9/h1-6,13H. The highest BCUT2D eigenvalue weighted by atomic mass is 16.3. The third kappa shape index (κ3) is 1.14. The van der Waals surface area contributed by atoms with Crippen LogP contribution in [0.5, 0.6) is 5.75 Å². The number of carbonyl (C=O) groups excluding carboxylic acids is 1. The van der Waals surface area contributed by atoms with Crippen LogP contribution in [-0.4, -0.2) is 16.4 Å². The normalized spacial score (nSPS) is 10.2. The fourth-order valence-corrected chi connectivity index (χ4v) is 1.30. The maximum atomic E-state index is 10.6. The number of hydrogen-bond acceptors (Lipinski definition) is 3. The number of pyridine rings is 1. The molecule has 0 aliphatic carbocycles. The minimum atomic E-state index is 0.147. The Bertz CT molecular complexity index is 465. The molecule has 64 valence electrons. The topological polar surface area (TPSA) is 50.2 Å². The first-order chi connectivity index (χ1) is 6.33. The lowest BCUT2D eigenvalue weighted by Gasteiger charge is -2.01. The summed E-state index contributed by atoms with van der Waals surface area (Å²) in [6.45, 7) is 0. The van der Waals surface area contributed by atoms with Gasteiger partial charge >= 0.3 is 0 Å². The summed E-state index contributed by atoms with van der Waals surface area (Å²) in [4.78, 5) is 14.5. The van der Waals surface area contributed by atoms with E-state index in [1.165, 1.54) is 12.3 Å². The van der Waals surface area contributed by atoms with E-state index in [0.717, 1.165) is 11.7 Å². The zero-order chi connectivity index (χ0) is 9.26. The molecule has 1 aromatic carbocycles. The van der Waals surface area contributed by atoms with Crippen LogP contribution in [-0.2, 0) is 0 Å². The summed E-state index contributed by atoms with van der Waals surface area (Å²) >= 11 is 0. The zero-order valence-electron chi connectivity index (χ0n) is 6.77. The number of nitrogens with zero attached hydrogens (tertiary/aromatic N) is 1. The van der Waals surface area contributed by atoms with Crippen LogP contribution in [0.15, 0.2) is 30.6 Å². The Kier molecular flexibility index (Phi) is 1.70. The lowest BCUT2D eigenvalue weighted by molar-refractivity contribution is 0.112. The Labute approximate surface area is 74.7 Å². The van der Waals surface area contributed by atoms with Crippen LogP contribution in [0, 0.1) is 0 Å². The summed E-state index contributed by atoms with van der Waals surface area (Å²) in [5.74, 6) is 0.147. The molecule has 2 aromatic rings. The maximum absolute atomic E-state index is 10.6. The average molecular weight is 173 g/mol. The fraction of sp³-hybridized carbons (Fsp3) is 0. The van der Waals surface area contributed by atoms with Gasteiger partial charge in [0.15, 0.2) is 6.29 Å². The van der Waals surface area contributed by atoms with E-state index in [1.807, 2.05) is 0 Å². The van der Waals surface area contributed by atoms with Crippen molar-refractivity contribution in [3.8, 4) is 5.75 Å². The van der Waals surface area contributed by atoms with Gasteiger partial charge in [0.25, 0.3) is 0 Å². The van der Waals surface area contributed by atoms with Crippen molar-refractivity contribution in [3.05, 3.63) is 36.2 Å². The zero-order valence-corrected chi connectivity index (χ0v) is 6.77. The first-order valence-corrected chi connectivity index (χ1v) is 3.84. The van der Waals surface area contributed by atoms with E-state index in [2.05, 4.69) is 4.98 Å². The van der Waals surface area contributed by atoms with Gasteiger partial charge in [-0.25, -0.2) is 0 Å². The van der Waals surface area contributed by atoms with Crippen LogP contribution in [0.2, 0.25) is 0 Å². The van der Waals surface area contributed by atoms with Gasteiger partial charge in [-0.2, -0.15) is 0 Å². The number of hydrogen-bond donors (Lipinski definition) is 1. The number of aldehydes is 1. The van der Waals surface area contributed by atoms with E-state index in [-0.39, 0.29) is 5.75 Å². The molecule has 0 unspecified atom stereocenters. The molecule has 3 nitrogen and oxygen atoms in total. The molecule has 3 heteroatoms. The van der Waals surface area contributed by atoms with E-state index >= 15 is 0 Å². The predicted octanol–water partition coefficient (Wildman–Crippen LogP) is 1.75. The largest absolute Gasteiger partial charge is 0.507 e. The van der Waals surface area contributed by atoms with Gasteiger partial charge in [0.1, 0.15) is 5.75 Å². The Balaban J connectivity index is 2.92. The van der Waals surface area contributed by atoms with Gasteiger partial charge in [-0.1, -0.05) is 0 Å². The van der Waals surface area contributed by atoms with Crippen molar-refractivity contribution in [2.75, 3.05) is 0 Å². The molecule has 13 heavy (non-hydrogen) atoms. The summed E-state index contributed by atoms with van der Waals surface area (Å²) in [7, 11) is 0. The van der Waals surface area contributed by atoms with Gasteiger partial charge < -0.3 is 5.11 Å². The molecule has 0 aliphatic rings. The second kappa shape index (κ2) is 2.86. The molecule has 1 heterocycles. The van der Waals surface area contributed by atoms with E-state index in [0.29, 0.717) is 10.9 Å². The van der Waals surface area contributed by atoms with E-state index in [9.17, 15) is 9.90 Å². The molecule has 0 amide bonds. The molecule has 0 spiro atoms. The van der Waals surface area contributed by atoms with Gasteiger partial charge in [-0.3, -0.25) is 9.78 Å². The van der Waals surface area contributed by atoms with Crippen molar-refractivity contribution < 1.29 is 9.90 Å². The molecule has 0 saturated carbocycles. The molecule has 0 fully saturated rings. The van der Waals surface area contributed by atoms with Crippen molar-refractivity contribution in [2.45, 2.75) is 0 Å². The number of carbonyl (C=O) groups is 1. The molecular formula is C10H7NO2. The number of phenolic OH excluding ortho intramolecular Hbond substituents is 1. The van der Waals surface area contributed by atoms with E-state index < -0.39 is 0 Å². The third-order valence-corrected chi connectivity index (χ3v) is 1.96. The number of rotatable bonds is 1. The highest BCUT2D eigenvalue weighted by molar-refractivity contribution is 6.00. The molecular weight excluding hydrogens is 166 g/mol. The van der Waals surface area contributed by atoms with Crippen molar-refractivity contribution in [1.82, 2.24) is 4.98 Å². The molecule has 2 rings (SSSR count). The van der Waals surface area contributed by atoms with Crippen LogP contribution >= 0.6 is 0 Å². The monoisotopic (exact) mass is 173 g/mol. The summed E-state index contributed by atoms with van der Waals surface area (Å²) < 4.78 is 0. The highest BCUT2D eigenvalue weighted by Gasteiger charge is 2.03. The molecule has 0 bridgehead atoms. The predicted molar refractivity (Wildman–Crippen MR) is 48.8 cm³/mol. The Hall–Kier alpha value is -1.90. The second-order valence-corrected chi connectivity index (χ2v) is 2.71. The fourth-order valence-electron chi connectivity index (χ4n) is 1.30. The van der Waals surface area contributed by atoms with Crippen molar-refractivity contribution in [1.29, 1.82) is 0 Å². The van der Waals surface area contributed by atoms with E-state index in [4.69, 9.17) is 0 Å². The minimum absolute atomic E-state index is 0.147. The van der Waals surface area contributed by atoms with Crippen molar-refractivity contribution >= 4 is 17.1 Å². The molecule has 0 saturated heterocycles. The lowest BCUT2D eigenvalue weighted by Crippen LogP contribution is -1.84. The first kappa shape index (κ1) is 7.73. The Morgan fingerprint density at radius 2 is 2.08 bits per heavy atom. The van der Waals surface area contributed by atoms with Crippen molar-refractivity contribution in [3.63, 3.8) is 0 Å². The second-order valence-electron chi connectivity index (χ2n) is 2.71. The molecule has 1 aromatic heterocycles. The number of fused-ring (bicyclic) bond motifs is 1. The Morgan fingerprint density at radius 1 is 1.23 bits per heavy atom. The smallest absolute Gasteiger partial charge is 0.150 e. The van der Waals surface area contributed by atoms with Gasteiger partial charge in [0.2, 0.25) is 0 Å². The maximum Gasteiger partial charge on any atom is 0.150 e. The van der Waals surface area contributed by atoms with Crippen LogP contribution in [0.25, 0.3) is 10.8 Å². The number of aromatic hydroxyl groups is 1. The van der Waals surface area contributed by atoms with Crippen molar-refractivity contribution in [2.24, 2.45) is 0 Å². The van der Waals surface area contributed by atoms with Gasteiger partial charge in [0.05, 0.1) is 0 Å². The summed E-state index contributed by atoms with van der Waals surface area (Å²) in [6, 6.07) is 4.79. The lowest BCUT2D eigenvalue weighted by atomic mass is 10.1. The van der Waals surface area contributed by atoms with Crippen LogP contribution in [0.3, 0.4) is 0 Å². The van der Waals surface area contributed by atoms with Crippen LogP contribution in [0.4, 0.5) is 0 Å². The van der Waals surface area contributed by atoms with Crippen LogP contribution < -0.4 is 0 Å². The minimum Gasteiger partial charge on any atom is -0.507 e. The summed E-state index contributed by atoms with van der Waals surface area (Å²) in [6.07, 6.45) is 3.90. The average Bonchev–Trinajstić information content (AvgIpc) is 2.19. The van der Waals surface area contributed by atoms with E-state index in [1.54, 1.807) is 18.3 Å². The number of benzene rings is 1. The molecule has 0 atom stereocenters. The number of aromatic nitrogens is 1. The number of phenols is 1. The first-order valence-electron chi connectivity index (χ1n) is 3.84. The van der Waals surface area contributed by atoms with Crippen LogP contribution in [0.1, 0.15) is 10.4 Å². The molecule has 0 radical (unpaired) electrons. The highest BCUT2D eigenvalue weighted by Crippen LogP contribution is 2.25. The van der Waals surface area contributed by atoms with Gasteiger partial charge in [-0.15, -0.1) is 0 Å². The SMILES string of the molecule is O=Cc1ccc(O)c2cnccc12.